The Morgan fingerprint density at radius 1 is 1.26 bits per heavy atom. The third-order valence-electron chi connectivity index (χ3n) is 2.98. The Labute approximate surface area is 115 Å². The van der Waals surface area contributed by atoms with Crippen molar-refractivity contribution in [1.82, 2.24) is 0 Å². The van der Waals surface area contributed by atoms with Crippen molar-refractivity contribution in [1.29, 1.82) is 0 Å². The number of aryl methyl sites for hydroxylation is 1. The van der Waals surface area contributed by atoms with Gasteiger partial charge in [-0.05, 0) is 17.5 Å². The van der Waals surface area contributed by atoms with E-state index in [0.717, 1.165) is 18.4 Å². The molecule has 0 aliphatic carbocycles. The van der Waals surface area contributed by atoms with Crippen LogP contribution in [0.5, 0.6) is 0 Å². The second kappa shape index (κ2) is 7.62. The van der Waals surface area contributed by atoms with Gasteiger partial charge in [-0.2, -0.15) is 0 Å². The van der Waals surface area contributed by atoms with E-state index in [9.17, 15) is 8.42 Å². The van der Waals surface area contributed by atoms with Crippen molar-refractivity contribution in [2.45, 2.75) is 25.8 Å². The number of methoxy groups -OCH3 is 1. The Kier molecular flexibility index (Phi) is 6.48. The van der Waals surface area contributed by atoms with E-state index in [1.807, 2.05) is 24.3 Å². The van der Waals surface area contributed by atoms with Crippen molar-refractivity contribution in [3.05, 3.63) is 35.4 Å². The summed E-state index contributed by atoms with van der Waals surface area (Å²) in [6, 6.07) is 7.39. The average Bonchev–Trinajstić information content (AvgIpc) is 2.37. The fraction of sp³-hybridized carbons (Fsp3) is 0.571. The highest BCUT2D eigenvalue weighted by molar-refractivity contribution is 7.91. The number of nitrogens with two attached hydrogens (primary N) is 1. The Morgan fingerprint density at radius 3 is 2.42 bits per heavy atom. The SMILES string of the molecule is CCCc1ccc(C(N)CS(=O)(=O)CCOC)cc1. The van der Waals surface area contributed by atoms with Gasteiger partial charge >= 0.3 is 0 Å². The Bertz CT molecular complexity index is 468. The zero-order chi connectivity index (χ0) is 14.3. The molecule has 0 heterocycles. The van der Waals surface area contributed by atoms with Crippen LogP contribution in [0.4, 0.5) is 0 Å². The van der Waals surface area contributed by atoms with Crippen molar-refractivity contribution in [2.24, 2.45) is 5.73 Å². The van der Waals surface area contributed by atoms with Crippen LogP contribution in [0.3, 0.4) is 0 Å². The number of sulfone groups is 1. The highest BCUT2D eigenvalue weighted by Gasteiger charge is 2.17. The quantitative estimate of drug-likeness (QED) is 0.789. The molecule has 0 amide bonds. The number of rotatable bonds is 8. The van der Waals surface area contributed by atoms with Crippen molar-refractivity contribution in [3.8, 4) is 0 Å². The summed E-state index contributed by atoms with van der Waals surface area (Å²) >= 11 is 0. The zero-order valence-corrected chi connectivity index (χ0v) is 12.4. The maximum atomic E-state index is 11.8. The molecule has 1 aromatic carbocycles. The summed E-state index contributed by atoms with van der Waals surface area (Å²) < 4.78 is 28.4. The zero-order valence-electron chi connectivity index (χ0n) is 11.6. The fourth-order valence-electron chi connectivity index (χ4n) is 1.88. The van der Waals surface area contributed by atoms with Gasteiger partial charge in [-0.1, -0.05) is 37.6 Å². The lowest BCUT2D eigenvalue weighted by molar-refractivity contribution is 0.217. The standard InChI is InChI=1S/C14H23NO3S/c1-3-4-12-5-7-13(8-6-12)14(15)11-19(16,17)10-9-18-2/h5-8,14H,3-4,9-11,15H2,1-2H3. The lowest BCUT2D eigenvalue weighted by Crippen LogP contribution is -2.25. The van der Waals surface area contributed by atoms with Gasteiger partial charge in [0, 0.05) is 13.2 Å². The number of ether oxygens (including phenoxy) is 1. The van der Waals surface area contributed by atoms with Crippen LogP contribution in [0.25, 0.3) is 0 Å². The molecule has 0 fully saturated rings. The lowest BCUT2D eigenvalue weighted by Gasteiger charge is -2.13. The Hall–Kier alpha value is -0.910. The minimum atomic E-state index is -3.16. The molecule has 4 nitrogen and oxygen atoms in total. The van der Waals surface area contributed by atoms with E-state index in [1.54, 1.807) is 0 Å². The molecule has 0 aliphatic rings. The molecule has 0 radical (unpaired) electrons. The van der Waals surface area contributed by atoms with Gasteiger partial charge in [-0.25, -0.2) is 8.42 Å². The molecule has 1 aromatic rings. The minimum absolute atomic E-state index is 0.0190. The van der Waals surface area contributed by atoms with Crippen molar-refractivity contribution in [2.75, 3.05) is 25.2 Å². The first kappa shape index (κ1) is 16.1. The second-order valence-corrected chi connectivity index (χ2v) is 6.93. The number of hydrogen-bond donors (Lipinski definition) is 1. The molecule has 19 heavy (non-hydrogen) atoms. The highest BCUT2D eigenvalue weighted by atomic mass is 32.2. The van der Waals surface area contributed by atoms with Crippen LogP contribution in [-0.2, 0) is 21.0 Å². The summed E-state index contributed by atoms with van der Waals surface area (Å²) in [4.78, 5) is 0. The van der Waals surface area contributed by atoms with Crippen molar-refractivity contribution >= 4 is 9.84 Å². The molecule has 1 atom stereocenters. The summed E-state index contributed by atoms with van der Waals surface area (Å²) in [6.07, 6.45) is 2.12. The topological polar surface area (TPSA) is 69.4 Å². The first-order chi connectivity index (χ1) is 8.98. The smallest absolute Gasteiger partial charge is 0.154 e. The van der Waals surface area contributed by atoms with E-state index in [0.29, 0.717) is 0 Å². The van der Waals surface area contributed by atoms with Gasteiger partial charge in [0.1, 0.15) is 0 Å². The minimum Gasteiger partial charge on any atom is -0.384 e. The van der Waals surface area contributed by atoms with E-state index >= 15 is 0 Å². The molecule has 1 unspecified atom stereocenters. The average molecular weight is 285 g/mol. The van der Waals surface area contributed by atoms with Crippen LogP contribution in [-0.4, -0.2) is 33.6 Å². The largest absolute Gasteiger partial charge is 0.384 e. The van der Waals surface area contributed by atoms with Crippen molar-refractivity contribution in [3.63, 3.8) is 0 Å². The summed E-state index contributed by atoms with van der Waals surface area (Å²) in [7, 11) is -1.67. The maximum absolute atomic E-state index is 11.8. The Morgan fingerprint density at radius 2 is 1.89 bits per heavy atom. The van der Waals surface area contributed by atoms with Crippen LogP contribution in [0.2, 0.25) is 0 Å². The molecule has 0 bridgehead atoms. The maximum Gasteiger partial charge on any atom is 0.154 e. The van der Waals surface area contributed by atoms with E-state index < -0.39 is 15.9 Å². The van der Waals surface area contributed by atoms with Crippen LogP contribution in [0.15, 0.2) is 24.3 Å². The third kappa shape index (κ3) is 5.72. The summed E-state index contributed by atoms with van der Waals surface area (Å²) in [5, 5.41) is 0. The number of hydrogen-bond acceptors (Lipinski definition) is 4. The first-order valence-corrected chi connectivity index (χ1v) is 8.34. The molecule has 108 valence electrons. The van der Waals surface area contributed by atoms with Crippen molar-refractivity contribution < 1.29 is 13.2 Å². The molecule has 0 saturated carbocycles. The van der Waals surface area contributed by atoms with E-state index in [-0.39, 0.29) is 18.1 Å². The molecule has 1 rings (SSSR count). The predicted octanol–water partition coefficient (Wildman–Crippen LogP) is 1.70. The van der Waals surface area contributed by atoms with Crippen LogP contribution >= 0.6 is 0 Å². The normalized spacial score (nSPS) is 13.4. The second-order valence-electron chi connectivity index (χ2n) is 4.71. The van der Waals surface area contributed by atoms with Gasteiger partial charge < -0.3 is 10.5 Å². The molecule has 5 heteroatoms. The summed E-state index contributed by atoms with van der Waals surface area (Å²) in [5.74, 6) is -0.0192. The molecule has 2 N–H and O–H groups in total. The van der Waals surface area contributed by atoms with Gasteiger partial charge in [0.25, 0.3) is 0 Å². The monoisotopic (exact) mass is 285 g/mol. The number of benzene rings is 1. The summed E-state index contributed by atoms with van der Waals surface area (Å²) in [5.41, 5.74) is 8.07. The lowest BCUT2D eigenvalue weighted by atomic mass is 10.0. The van der Waals surface area contributed by atoms with Gasteiger partial charge in [-0.15, -0.1) is 0 Å². The molecule has 0 saturated heterocycles. The van der Waals surface area contributed by atoms with Gasteiger partial charge in [0.2, 0.25) is 0 Å². The molecular formula is C14H23NO3S. The Balaban J connectivity index is 2.64. The highest BCUT2D eigenvalue weighted by Crippen LogP contribution is 2.15. The van der Waals surface area contributed by atoms with E-state index in [2.05, 4.69) is 6.92 Å². The third-order valence-corrected chi connectivity index (χ3v) is 4.63. The molecular weight excluding hydrogens is 262 g/mol. The predicted molar refractivity (Wildman–Crippen MR) is 77.9 cm³/mol. The fourth-order valence-corrected chi connectivity index (χ4v) is 3.21. The van der Waals surface area contributed by atoms with Crippen LogP contribution < -0.4 is 5.73 Å². The van der Waals surface area contributed by atoms with Gasteiger partial charge in [0.15, 0.2) is 9.84 Å². The molecule has 0 aromatic heterocycles. The first-order valence-electron chi connectivity index (χ1n) is 6.52. The van der Waals surface area contributed by atoms with Crippen LogP contribution in [0, 0.1) is 0 Å². The molecule has 0 spiro atoms. The van der Waals surface area contributed by atoms with Gasteiger partial charge in [0.05, 0.1) is 18.1 Å². The molecule has 0 aliphatic heterocycles. The summed E-state index contributed by atoms with van der Waals surface area (Å²) in [6.45, 7) is 2.34. The van der Waals surface area contributed by atoms with Gasteiger partial charge in [-0.3, -0.25) is 0 Å². The van der Waals surface area contributed by atoms with E-state index in [1.165, 1.54) is 12.7 Å². The van der Waals surface area contributed by atoms with Crippen LogP contribution in [0.1, 0.15) is 30.5 Å². The van der Waals surface area contributed by atoms with E-state index in [4.69, 9.17) is 10.5 Å².